The Morgan fingerprint density at radius 2 is 1.81 bits per heavy atom. The van der Waals surface area contributed by atoms with E-state index >= 15 is 0 Å². The average Bonchev–Trinajstić information content (AvgIpc) is 3.17. The SMILES string of the molecule is COc1ccc(C(=O)Nc2ccc([C@@H]3SCC(=O)N3c3cc(C)ccc3F)cc2)cc1. The number of rotatable bonds is 5. The summed E-state index contributed by atoms with van der Waals surface area (Å²) in [4.78, 5) is 26.5. The van der Waals surface area contributed by atoms with Crippen molar-refractivity contribution in [1.29, 1.82) is 0 Å². The third-order valence-corrected chi connectivity index (χ3v) is 6.25. The summed E-state index contributed by atoms with van der Waals surface area (Å²) in [7, 11) is 1.57. The van der Waals surface area contributed by atoms with Crippen LogP contribution in [0.5, 0.6) is 5.75 Å². The number of ether oxygens (including phenoxy) is 1. The highest BCUT2D eigenvalue weighted by Gasteiger charge is 2.35. The summed E-state index contributed by atoms with van der Waals surface area (Å²) in [5.41, 5.74) is 3.18. The molecule has 0 unspecified atom stereocenters. The van der Waals surface area contributed by atoms with Gasteiger partial charge < -0.3 is 10.1 Å². The quantitative estimate of drug-likeness (QED) is 0.599. The Balaban J connectivity index is 1.52. The number of hydrogen-bond donors (Lipinski definition) is 1. The zero-order chi connectivity index (χ0) is 22.0. The van der Waals surface area contributed by atoms with Crippen molar-refractivity contribution in [3.8, 4) is 5.75 Å². The van der Waals surface area contributed by atoms with E-state index in [2.05, 4.69) is 5.32 Å². The summed E-state index contributed by atoms with van der Waals surface area (Å²) >= 11 is 1.45. The van der Waals surface area contributed by atoms with Crippen molar-refractivity contribution in [2.24, 2.45) is 0 Å². The van der Waals surface area contributed by atoms with Crippen LogP contribution in [-0.2, 0) is 4.79 Å². The predicted octanol–water partition coefficient (Wildman–Crippen LogP) is 5.17. The molecule has 0 aromatic heterocycles. The molecule has 0 aliphatic carbocycles. The van der Waals surface area contributed by atoms with Crippen molar-refractivity contribution in [3.63, 3.8) is 0 Å². The Labute approximate surface area is 184 Å². The van der Waals surface area contributed by atoms with E-state index in [0.717, 1.165) is 11.1 Å². The summed E-state index contributed by atoms with van der Waals surface area (Å²) in [5.74, 6) is 0.184. The Kier molecular flexibility index (Phi) is 5.95. The lowest BCUT2D eigenvalue weighted by Gasteiger charge is -2.25. The van der Waals surface area contributed by atoms with Crippen LogP contribution in [0.25, 0.3) is 0 Å². The molecule has 0 spiro atoms. The van der Waals surface area contributed by atoms with Crippen LogP contribution >= 0.6 is 11.8 Å². The molecular formula is C24H21FN2O3S. The number of hydrogen-bond acceptors (Lipinski definition) is 4. The largest absolute Gasteiger partial charge is 0.497 e. The number of benzene rings is 3. The Morgan fingerprint density at radius 3 is 2.48 bits per heavy atom. The van der Waals surface area contributed by atoms with Crippen molar-refractivity contribution in [1.82, 2.24) is 0 Å². The van der Waals surface area contributed by atoms with E-state index in [0.29, 0.717) is 17.0 Å². The first kappa shape index (κ1) is 20.9. The summed E-state index contributed by atoms with van der Waals surface area (Å²) < 4.78 is 19.5. The molecule has 4 rings (SSSR count). The first-order chi connectivity index (χ1) is 15.0. The van der Waals surface area contributed by atoms with Gasteiger partial charge in [0.25, 0.3) is 5.91 Å². The van der Waals surface area contributed by atoms with Crippen LogP contribution < -0.4 is 15.0 Å². The number of thioether (sulfide) groups is 1. The summed E-state index contributed by atoms with van der Waals surface area (Å²) in [6, 6.07) is 18.9. The zero-order valence-electron chi connectivity index (χ0n) is 17.1. The number of aryl methyl sites for hydroxylation is 1. The fourth-order valence-electron chi connectivity index (χ4n) is 3.42. The molecule has 1 saturated heterocycles. The molecule has 1 N–H and O–H groups in total. The fraction of sp³-hybridized carbons (Fsp3) is 0.167. The molecule has 158 valence electrons. The topological polar surface area (TPSA) is 58.6 Å². The first-order valence-electron chi connectivity index (χ1n) is 9.71. The van der Waals surface area contributed by atoms with Gasteiger partial charge in [-0.1, -0.05) is 18.2 Å². The number of nitrogens with one attached hydrogen (secondary N) is 1. The predicted molar refractivity (Wildman–Crippen MR) is 121 cm³/mol. The maximum absolute atomic E-state index is 14.4. The van der Waals surface area contributed by atoms with Gasteiger partial charge in [-0.25, -0.2) is 4.39 Å². The molecule has 5 nitrogen and oxygen atoms in total. The maximum atomic E-state index is 14.4. The van der Waals surface area contributed by atoms with Crippen molar-refractivity contribution < 1.29 is 18.7 Å². The molecule has 1 aliphatic heterocycles. The molecule has 2 amide bonds. The second-order valence-electron chi connectivity index (χ2n) is 7.19. The van der Waals surface area contributed by atoms with Gasteiger partial charge in [-0.3, -0.25) is 14.5 Å². The highest BCUT2D eigenvalue weighted by atomic mass is 32.2. The Bertz CT molecular complexity index is 1120. The van der Waals surface area contributed by atoms with E-state index < -0.39 is 5.82 Å². The van der Waals surface area contributed by atoms with Gasteiger partial charge in [-0.2, -0.15) is 0 Å². The van der Waals surface area contributed by atoms with Crippen molar-refractivity contribution in [2.45, 2.75) is 12.3 Å². The normalized spacial score (nSPS) is 15.8. The minimum Gasteiger partial charge on any atom is -0.497 e. The molecule has 1 aliphatic rings. The Morgan fingerprint density at radius 1 is 1.10 bits per heavy atom. The molecule has 1 heterocycles. The minimum absolute atomic E-state index is 0.128. The molecule has 1 fully saturated rings. The molecule has 0 saturated carbocycles. The molecule has 3 aromatic carbocycles. The van der Waals surface area contributed by atoms with Gasteiger partial charge >= 0.3 is 0 Å². The average molecular weight is 437 g/mol. The van der Waals surface area contributed by atoms with Crippen LogP contribution in [0.15, 0.2) is 66.7 Å². The number of nitrogens with zero attached hydrogens (tertiary/aromatic N) is 1. The molecule has 7 heteroatoms. The second kappa shape index (κ2) is 8.81. The van der Waals surface area contributed by atoms with E-state index in [1.807, 2.05) is 19.1 Å². The lowest BCUT2D eigenvalue weighted by atomic mass is 10.1. The van der Waals surface area contributed by atoms with Crippen molar-refractivity contribution in [3.05, 3.63) is 89.2 Å². The van der Waals surface area contributed by atoms with E-state index in [-0.39, 0.29) is 28.6 Å². The number of halogens is 1. The van der Waals surface area contributed by atoms with Crippen LogP contribution in [0.1, 0.15) is 26.9 Å². The molecule has 31 heavy (non-hydrogen) atoms. The van der Waals surface area contributed by atoms with Gasteiger partial charge in [0.15, 0.2) is 0 Å². The maximum Gasteiger partial charge on any atom is 0.255 e. The minimum atomic E-state index is -0.421. The number of carbonyl (C=O) groups excluding carboxylic acids is 2. The lowest BCUT2D eigenvalue weighted by Crippen LogP contribution is -2.28. The third-order valence-electron chi connectivity index (χ3n) is 5.03. The van der Waals surface area contributed by atoms with E-state index in [1.54, 1.807) is 55.6 Å². The molecule has 3 aromatic rings. The van der Waals surface area contributed by atoms with Gasteiger partial charge in [-0.15, -0.1) is 11.8 Å². The van der Waals surface area contributed by atoms with Crippen molar-refractivity contribution in [2.75, 3.05) is 23.1 Å². The van der Waals surface area contributed by atoms with Gasteiger partial charge in [0, 0.05) is 11.3 Å². The van der Waals surface area contributed by atoms with Crippen LogP contribution in [0.3, 0.4) is 0 Å². The summed E-state index contributed by atoms with van der Waals surface area (Å²) in [5, 5.41) is 2.53. The molecule has 1 atom stereocenters. The van der Waals surface area contributed by atoms with E-state index in [9.17, 15) is 14.0 Å². The molecular weight excluding hydrogens is 415 g/mol. The number of anilines is 2. The Hall–Kier alpha value is -3.32. The molecule has 0 radical (unpaired) electrons. The number of carbonyl (C=O) groups is 2. The third kappa shape index (κ3) is 4.41. The zero-order valence-corrected chi connectivity index (χ0v) is 17.9. The van der Waals surface area contributed by atoms with Crippen LogP contribution in [0.2, 0.25) is 0 Å². The van der Waals surface area contributed by atoms with Crippen molar-refractivity contribution >= 4 is 35.0 Å². The second-order valence-corrected chi connectivity index (χ2v) is 8.26. The van der Waals surface area contributed by atoms with Crippen LogP contribution in [0, 0.1) is 12.7 Å². The first-order valence-corrected chi connectivity index (χ1v) is 10.8. The van der Waals surface area contributed by atoms with E-state index in [1.165, 1.54) is 22.7 Å². The lowest BCUT2D eigenvalue weighted by molar-refractivity contribution is -0.115. The molecule has 0 bridgehead atoms. The monoisotopic (exact) mass is 436 g/mol. The smallest absolute Gasteiger partial charge is 0.255 e. The van der Waals surface area contributed by atoms with Gasteiger partial charge in [0.2, 0.25) is 5.91 Å². The van der Waals surface area contributed by atoms with Crippen LogP contribution in [0.4, 0.5) is 15.8 Å². The summed E-state index contributed by atoms with van der Waals surface area (Å²) in [6.45, 7) is 1.87. The highest BCUT2D eigenvalue weighted by Crippen LogP contribution is 2.43. The van der Waals surface area contributed by atoms with Gasteiger partial charge in [-0.05, 0) is 66.6 Å². The van der Waals surface area contributed by atoms with E-state index in [4.69, 9.17) is 4.74 Å². The highest BCUT2D eigenvalue weighted by molar-refractivity contribution is 8.00. The number of methoxy groups -OCH3 is 1. The van der Waals surface area contributed by atoms with Gasteiger partial charge in [0.1, 0.15) is 16.9 Å². The van der Waals surface area contributed by atoms with Crippen LogP contribution in [-0.4, -0.2) is 24.7 Å². The summed E-state index contributed by atoms with van der Waals surface area (Å²) in [6.07, 6.45) is 0. The number of amides is 2. The standard InChI is InChI=1S/C24H21FN2O3S/c1-15-3-12-20(25)21(13-15)27-22(28)14-31-24(27)17-4-8-18(9-5-17)26-23(29)16-6-10-19(30-2)11-7-16/h3-13,24H,14H2,1-2H3,(H,26,29)/t24-/m0/s1. The fourth-order valence-corrected chi connectivity index (χ4v) is 4.58. The van der Waals surface area contributed by atoms with Gasteiger partial charge in [0.05, 0.1) is 18.6 Å².